The standard InChI is InChI=1S/C25H32N4O3/c1-15(2)29(14-21-27-20-6-4-3-5-19(20)23(31)28-21)22(30)13-26-24(32)25-10-16-7-17(11-25)9-18(8-16)12-25/h3-6,15-18H,7-14H2,1-2H3,(H,26,32)(H,27,28,31). The number of aromatic nitrogens is 2. The molecule has 0 saturated heterocycles. The number of para-hydroxylation sites is 1. The molecule has 0 unspecified atom stereocenters. The van der Waals surface area contributed by atoms with Gasteiger partial charge in [0.2, 0.25) is 11.8 Å². The van der Waals surface area contributed by atoms with Crippen molar-refractivity contribution >= 4 is 22.7 Å². The van der Waals surface area contributed by atoms with Gasteiger partial charge in [-0.3, -0.25) is 14.4 Å². The Bertz CT molecular complexity index is 1070. The summed E-state index contributed by atoms with van der Waals surface area (Å²) >= 11 is 0. The largest absolute Gasteiger partial charge is 0.347 e. The fourth-order valence-corrected chi connectivity index (χ4v) is 6.76. The molecule has 2 amide bonds. The van der Waals surface area contributed by atoms with E-state index >= 15 is 0 Å². The van der Waals surface area contributed by atoms with Gasteiger partial charge >= 0.3 is 0 Å². The van der Waals surface area contributed by atoms with Crippen LogP contribution in [0.15, 0.2) is 29.1 Å². The number of H-pyrrole nitrogens is 1. The van der Waals surface area contributed by atoms with Crippen molar-refractivity contribution in [3.63, 3.8) is 0 Å². The zero-order valence-electron chi connectivity index (χ0n) is 18.9. The van der Waals surface area contributed by atoms with Crippen molar-refractivity contribution in [1.29, 1.82) is 0 Å². The highest BCUT2D eigenvalue weighted by Gasteiger charge is 2.54. The summed E-state index contributed by atoms with van der Waals surface area (Å²) in [6, 6.07) is 7.08. The van der Waals surface area contributed by atoms with E-state index in [9.17, 15) is 14.4 Å². The number of amides is 2. The Morgan fingerprint density at radius 1 is 1.12 bits per heavy atom. The number of nitrogens with one attached hydrogen (secondary N) is 2. The topological polar surface area (TPSA) is 95.2 Å². The lowest BCUT2D eigenvalue weighted by molar-refractivity contribution is -0.148. The molecule has 7 heteroatoms. The number of rotatable bonds is 6. The van der Waals surface area contributed by atoms with E-state index in [1.807, 2.05) is 19.9 Å². The van der Waals surface area contributed by atoms with Crippen LogP contribution in [0.5, 0.6) is 0 Å². The van der Waals surface area contributed by atoms with Crippen molar-refractivity contribution < 1.29 is 9.59 Å². The Balaban J connectivity index is 1.26. The number of fused-ring (bicyclic) bond motifs is 1. The first-order valence-corrected chi connectivity index (χ1v) is 11.9. The third-order valence-electron chi connectivity index (χ3n) is 7.85. The molecule has 0 spiro atoms. The lowest BCUT2D eigenvalue weighted by atomic mass is 9.49. The highest BCUT2D eigenvalue weighted by molar-refractivity contribution is 5.88. The monoisotopic (exact) mass is 436 g/mol. The lowest BCUT2D eigenvalue weighted by Gasteiger charge is -2.55. The number of carbonyl (C=O) groups excluding carboxylic acids is 2. The molecule has 32 heavy (non-hydrogen) atoms. The molecule has 7 nitrogen and oxygen atoms in total. The summed E-state index contributed by atoms with van der Waals surface area (Å²) in [5.41, 5.74) is 0.137. The van der Waals surface area contributed by atoms with Gasteiger partial charge in [0, 0.05) is 11.5 Å². The van der Waals surface area contributed by atoms with Crippen molar-refractivity contribution in [2.75, 3.05) is 6.54 Å². The van der Waals surface area contributed by atoms with E-state index in [0.717, 1.165) is 19.3 Å². The predicted molar refractivity (Wildman–Crippen MR) is 122 cm³/mol. The molecular formula is C25H32N4O3. The molecule has 1 heterocycles. The maximum atomic E-state index is 13.2. The van der Waals surface area contributed by atoms with E-state index in [-0.39, 0.29) is 41.9 Å². The number of aromatic amines is 1. The second-order valence-corrected chi connectivity index (χ2v) is 10.5. The van der Waals surface area contributed by atoms with Crippen LogP contribution >= 0.6 is 0 Å². The molecule has 2 aromatic rings. The number of nitrogens with zero attached hydrogens (tertiary/aromatic N) is 2. The molecule has 0 aliphatic heterocycles. The van der Waals surface area contributed by atoms with Gasteiger partial charge in [0.1, 0.15) is 5.82 Å². The first-order chi connectivity index (χ1) is 15.3. The Hall–Kier alpha value is -2.70. The second kappa shape index (κ2) is 8.01. The van der Waals surface area contributed by atoms with Crippen LogP contribution in [0.2, 0.25) is 0 Å². The lowest BCUT2D eigenvalue weighted by Crippen LogP contribution is -2.55. The first kappa shape index (κ1) is 21.2. The van der Waals surface area contributed by atoms with E-state index in [0.29, 0.717) is 34.5 Å². The summed E-state index contributed by atoms with van der Waals surface area (Å²) in [5.74, 6) is 2.41. The summed E-state index contributed by atoms with van der Waals surface area (Å²) in [4.78, 5) is 47.6. The average Bonchev–Trinajstić information content (AvgIpc) is 2.74. The van der Waals surface area contributed by atoms with Crippen LogP contribution in [0.1, 0.15) is 58.2 Å². The highest BCUT2D eigenvalue weighted by Crippen LogP contribution is 2.60. The van der Waals surface area contributed by atoms with Gasteiger partial charge < -0.3 is 15.2 Å². The minimum Gasteiger partial charge on any atom is -0.347 e. The Morgan fingerprint density at radius 2 is 1.75 bits per heavy atom. The van der Waals surface area contributed by atoms with Crippen LogP contribution in [0.4, 0.5) is 0 Å². The second-order valence-electron chi connectivity index (χ2n) is 10.5. The smallest absolute Gasteiger partial charge is 0.258 e. The number of carbonyl (C=O) groups is 2. The molecule has 4 aliphatic carbocycles. The van der Waals surface area contributed by atoms with E-state index in [1.54, 1.807) is 23.1 Å². The average molecular weight is 437 g/mol. The molecule has 2 N–H and O–H groups in total. The molecule has 0 radical (unpaired) electrons. The van der Waals surface area contributed by atoms with Gasteiger partial charge in [-0.1, -0.05) is 12.1 Å². The van der Waals surface area contributed by atoms with Gasteiger partial charge in [-0.05, 0) is 82.3 Å². The van der Waals surface area contributed by atoms with Crippen LogP contribution < -0.4 is 10.9 Å². The molecule has 170 valence electrons. The third-order valence-corrected chi connectivity index (χ3v) is 7.85. The van der Waals surface area contributed by atoms with Crippen molar-refractivity contribution in [2.45, 2.75) is 65.0 Å². The fraction of sp³-hybridized carbons (Fsp3) is 0.600. The SMILES string of the molecule is CC(C)N(Cc1nc2ccccc2c(=O)[nH]1)C(=O)CNC(=O)C12CC3CC(CC(C3)C1)C2. The summed E-state index contributed by atoms with van der Waals surface area (Å²) in [7, 11) is 0. The van der Waals surface area contributed by atoms with Gasteiger partial charge in [0.15, 0.2) is 0 Å². The molecule has 4 aliphatic rings. The van der Waals surface area contributed by atoms with Gasteiger partial charge in [-0.15, -0.1) is 0 Å². The van der Waals surface area contributed by atoms with E-state index in [1.165, 1.54) is 19.3 Å². The number of hydrogen-bond acceptors (Lipinski definition) is 4. The Kier molecular flexibility index (Phi) is 5.30. The van der Waals surface area contributed by atoms with Crippen molar-refractivity contribution in [3.05, 3.63) is 40.4 Å². The maximum absolute atomic E-state index is 13.2. The van der Waals surface area contributed by atoms with Crippen molar-refractivity contribution in [1.82, 2.24) is 20.2 Å². The fourth-order valence-electron chi connectivity index (χ4n) is 6.76. The minimum absolute atomic E-state index is 0.0173. The maximum Gasteiger partial charge on any atom is 0.258 e. The molecular weight excluding hydrogens is 404 g/mol. The van der Waals surface area contributed by atoms with Gasteiger partial charge in [0.05, 0.1) is 24.0 Å². The quantitative estimate of drug-likeness (QED) is 0.728. The van der Waals surface area contributed by atoms with Crippen LogP contribution in [0.3, 0.4) is 0 Å². The van der Waals surface area contributed by atoms with Crippen LogP contribution in [-0.2, 0) is 16.1 Å². The van der Waals surface area contributed by atoms with Gasteiger partial charge in [0.25, 0.3) is 5.56 Å². The summed E-state index contributed by atoms with van der Waals surface area (Å²) < 4.78 is 0. The van der Waals surface area contributed by atoms with Crippen molar-refractivity contribution in [2.24, 2.45) is 23.2 Å². The summed E-state index contributed by atoms with van der Waals surface area (Å²) in [5, 5.41) is 3.51. The molecule has 0 atom stereocenters. The van der Waals surface area contributed by atoms with Gasteiger partial charge in [-0.2, -0.15) is 0 Å². The van der Waals surface area contributed by atoms with Gasteiger partial charge in [-0.25, -0.2) is 4.98 Å². The van der Waals surface area contributed by atoms with Crippen molar-refractivity contribution in [3.8, 4) is 0 Å². The zero-order chi connectivity index (χ0) is 22.5. The van der Waals surface area contributed by atoms with E-state index in [2.05, 4.69) is 15.3 Å². The molecule has 4 fully saturated rings. The van der Waals surface area contributed by atoms with E-state index in [4.69, 9.17) is 0 Å². The van der Waals surface area contributed by atoms with Crippen LogP contribution in [0, 0.1) is 23.2 Å². The third kappa shape index (κ3) is 3.82. The molecule has 1 aromatic carbocycles. The molecule has 4 bridgehead atoms. The summed E-state index contributed by atoms with van der Waals surface area (Å²) in [6.07, 6.45) is 6.79. The zero-order valence-corrected chi connectivity index (χ0v) is 18.9. The molecule has 4 saturated carbocycles. The highest BCUT2D eigenvalue weighted by atomic mass is 16.2. The van der Waals surface area contributed by atoms with Crippen LogP contribution in [0.25, 0.3) is 10.9 Å². The number of hydrogen-bond donors (Lipinski definition) is 2. The molecule has 1 aromatic heterocycles. The molecule has 6 rings (SSSR count). The summed E-state index contributed by atoms with van der Waals surface area (Å²) in [6.45, 7) is 4.04. The Labute approximate surface area is 188 Å². The predicted octanol–water partition coefficient (Wildman–Crippen LogP) is 2.99. The van der Waals surface area contributed by atoms with E-state index < -0.39 is 0 Å². The first-order valence-electron chi connectivity index (χ1n) is 11.9. The Morgan fingerprint density at radius 3 is 2.38 bits per heavy atom. The normalized spacial score (nSPS) is 28.3. The number of benzene rings is 1. The minimum atomic E-state index is -0.261. The van der Waals surface area contributed by atoms with Crippen LogP contribution in [-0.4, -0.2) is 39.3 Å².